The number of carbonyl (C=O) groups excluding carboxylic acids is 1. The van der Waals surface area contributed by atoms with Crippen LogP contribution < -0.4 is 5.73 Å². The molecule has 2 aliphatic rings. The van der Waals surface area contributed by atoms with E-state index in [-0.39, 0.29) is 12.1 Å². The molecule has 25 heavy (non-hydrogen) atoms. The number of rotatable bonds is 0. The van der Waals surface area contributed by atoms with E-state index in [4.69, 9.17) is 10.5 Å². The lowest BCUT2D eigenvalue weighted by molar-refractivity contribution is 0.0422. The number of esters is 1. The zero-order chi connectivity index (χ0) is 18.8. The molecule has 4 rings (SSSR count). The Labute approximate surface area is 152 Å². The number of nitrogens with two attached hydrogens (primary N) is 1. The summed E-state index contributed by atoms with van der Waals surface area (Å²) in [5, 5.41) is 0. The molecule has 2 aromatic carbocycles. The smallest absolute Gasteiger partial charge is 0.339 e. The summed E-state index contributed by atoms with van der Waals surface area (Å²) in [6.07, 6.45) is 3.70. The normalized spacial score (nSPS) is 15.9. The fraction of sp³-hybridized carbons (Fsp3) is 0.409. The number of ether oxygens (including phenoxy) is 1. The number of nitrogen functional groups attached to an aromatic ring is 1. The van der Waals surface area contributed by atoms with Crippen LogP contribution in [0.2, 0.25) is 0 Å². The largest absolute Gasteiger partial charge is 0.454 e. The predicted octanol–water partition coefficient (Wildman–Crippen LogP) is 5.73. The van der Waals surface area contributed by atoms with Crippen molar-refractivity contribution >= 4 is 11.7 Å². The minimum atomic E-state index is -0.201. The van der Waals surface area contributed by atoms with Crippen molar-refractivity contribution < 1.29 is 9.53 Å². The van der Waals surface area contributed by atoms with Gasteiger partial charge >= 0.3 is 5.97 Å². The van der Waals surface area contributed by atoms with Crippen LogP contribution in [0.25, 0.3) is 0 Å². The van der Waals surface area contributed by atoms with E-state index in [0.717, 1.165) is 11.3 Å². The average Bonchev–Trinajstić information content (AvgIpc) is 3.23. The molecule has 3 nitrogen and oxygen atoms in total. The first kappa shape index (κ1) is 20.8. The van der Waals surface area contributed by atoms with E-state index in [0.29, 0.717) is 5.56 Å². The first-order chi connectivity index (χ1) is 12.1. The average molecular weight is 341 g/mol. The van der Waals surface area contributed by atoms with Gasteiger partial charge in [-0.1, -0.05) is 52.0 Å². The van der Waals surface area contributed by atoms with Crippen LogP contribution in [0.4, 0.5) is 5.69 Å². The fourth-order valence-corrected chi connectivity index (χ4v) is 2.92. The van der Waals surface area contributed by atoms with Crippen molar-refractivity contribution in [2.75, 3.05) is 5.73 Å². The third-order valence-electron chi connectivity index (χ3n) is 4.03. The number of aryl methyl sites for hydroxylation is 2. The van der Waals surface area contributed by atoms with E-state index in [1.54, 1.807) is 6.07 Å². The van der Waals surface area contributed by atoms with Crippen LogP contribution >= 0.6 is 0 Å². The Morgan fingerprint density at radius 2 is 1.60 bits per heavy atom. The van der Waals surface area contributed by atoms with Crippen molar-refractivity contribution in [3.05, 3.63) is 64.7 Å². The standard InChI is InChI=1S/C9H11N.C9H8O2.2C2H6/c10-9-5-4-7-2-1-3-8(7)6-9;1-6-7-4-2-3-5-8(7)9(10)11-6;2*1-2/h4-6H,1-3,10H2;2-6H,1H3;2*1-2H3. The SMILES string of the molecule is CC.CC.CC1OC(=O)c2ccccc21.Nc1ccc2c(c1)CCC2. The van der Waals surface area contributed by atoms with Gasteiger partial charge in [-0.3, -0.25) is 0 Å². The second kappa shape index (κ2) is 10.5. The van der Waals surface area contributed by atoms with Gasteiger partial charge in [0.2, 0.25) is 0 Å². The molecular formula is C22H31NO2. The Balaban J connectivity index is 0.000000210. The number of cyclic esters (lactones) is 1. The highest BCUT2D eigenvalue weighted by Crippen LogP contribution is 2.29. The molecular weight excluding hydrogens is 310 g/mol. The topological polar surface area (TPSA) is 52.3 Å². The monoisotopic (exact) mass is 341 g/mol. The molecule has 1 unspecified atom stereocenters. The second-order valence-corrected chi connectivity index (χ2v) is 5.52. The second-order valence-electron chi connectivity index (χ2n) is 5.52. The van der Waals surface area contributed by atoms with Crippen molar-refractivity contribution in [3.63, 3.8) is 0 Å². The van der Waals surface area contributed by atoms with Gasteiger partial charge in [0.25, 0.3) is 0 Å². The van der Waals surface area contributed by atoms with E-state index in [2.05, 4.69) is 12.1 Å². The Morgan fingerprint density at radius 3 is 2.28 bits per heavy atom. The minimum Gasteiger partial charge on any atom is -0.454 e. The predicted molar refractivity (Wildman–Crippen MR) is 106 cm³/mol. The molecule has 0 spiro atoms. The molecule has 0 bridgehead atoms. The Bertz CT molecular complexity index is 679. The molecule has 1 heterocycles. The zero-order valence-electron chi connectivity index (χ0n) is 16.1. The number of benzene rings is 2. The van der Waals surface area contributed by atoms with Crippen LogP contribution in [0.1, 0.15) is 74.2 Å². The summed E-state index contributed by atoms with van der Waals surface area (Å²) >= 11 is 0. The van der Waals surface area contributed by atoms with Gasteiger partial charge in [-0.25, -0.2) is 4.79 Å². The fourth-order valence-electron chi connectivity index (χ4n) is 2.92. The van der Waals surface area contributed by atoms with Crippen LogP contribution in [0.15, 0.2) is 42.5 Å². The molecule has 0 radical (unpaired) electrons. The number of fused-ring (bicyclic) bond motifs is 2. The number of hydrogen-bond acceptors (Lipinski definition) is 3. The molecule has 1 aliphatic carbocycles. The van der Waals surface area contributed by atoms with Gasteiger partial charge < -0.3 is 10.5 Å². The Kier molecular flexibility index (Phi) is 8.76. The van der Waals surface area contributed by atoms with Crippen molar-refractivity contribution in [1.29, 1.82) is 0 Å². The molecule has 0 fully saturated rings. The van der Waals surface area contributed by atoms with Crippen LogP contribution in [-0.2, 0) is 17.6 Å². The van der Waals surface area contributed by atoms with Crippen molar-refractivity contribution in [2.45, 2.75) is 60.0 Å². The highest BCUT2D eigenvalue weighted by Gasteiger charge is 2.26. The summed E-state index contributed by atoms with van der Waals surface area (Å²) in [4.78, 5) is 11.1. The summed E-state index contributed by atoms with van der Waals surface area (Å²) in [5.74, 6) is -0.201. The van der Waals surface area contributed by atoms with Crippen LogP contribution in [-0.4, -0.2) is 5.97 Å². The lowest BCUT2D eigenvalue weighted by Crippen LogP contribution is -1.93. The molecule has 2 N–H and O–H groups in total. The summed E-state index contributed by atoms with van der Waals surface area (Å²) < 4.78 is 4.99. The molecule has 0 saturated carbocycles. The first-order valence-electron chi connectivity index (χ1n) is 9.32. The molecule has 0 saturated heterocycles. The lowest BCUT2D eigenvalue weighted by atomic mass is 10.1. The zero-order valence-corrected chi connectivity index (χ0v) is 16.1. The first-order valence-corrected chi connectivity index (χ1v) is 9.32. The molecule has 0 amide bonds. The molecule has 1 atom stereocenters. The summed E-state index contributed by atoms with van der Waals surface area (Å²) in [7, 11) is 0. The van der Waals surface area contributed by atoms with Gasteiger partial charge in [-0.2, -0.15) is 0 Å². The quantitative estimate of drug-likeness (QED) is 0.492. The van der Waals surface area contributed by atoms with Crippen LogP contribution in [0.5, 0.6) is 0 Å². The van der Waals surface area contributed by atoms with Gasteiger partial charge in [-0.15, -0.1) is 0 Å². The highest BCUT2D eigenvalue weighted by atomic mass is 16.5. The molecule has 136 valence electrons. The van der Waals surface area contributed by atoms with Gasteiger partial charge in [0.15, 0.2) is 0 Å². The van der Waals surface area contributed by atoms with Crippen molar-refractivity contribution in [2.24, 2.45) is 0 Å². The van der Waals surface area contributed by atoms with Crippen molar-refractivity contribution in [1.82, 2.24) is 0 Å². The molecule has 0 aromatic heterocycles. The summed E-state index contributed by atoms with van der Waals surface area (Å²) in [6, 6.07) is 13.7. The van der Waals surface area contributed by atoms with E-state index >= 15 is 0 Å². The van der Waals surface area contributed by atoms with Crippen LogP contribution in [0.3, 0.4) is 0 Å². The highest BCUT2D eigenvalue weighted by molar-refractivity contribution is 5.93. The number of hydrogen-bond donors (Lipinski definition) is 1. The maximum absolute atomic E-state index is 11.1. The third kappa shape index (κ3) is 5.35. The van der Waals surface area contributed by atoms with Gasteiger partial charge in [-0.05, 0) is 55.5 Å². The van der Waals surface area contributed by atoms with E-state index in [1.165, 1.54) is 30.4 Å². The van der Waals surface area contributed by atoms with E-state index in [9.17, 15) is 4.79 Å². The molecule has 2 aromatic rings. The van der Waals surface area contributed by atoms with Gasteiger partial charge in [0, 0.05) is 11.3 Å². The summed E-state index contributed by atoms with van der Waals surface area (Å²) in [6.45, 7) is 9.88. The lowest BCUT2D eigenvalue weighted by Gasteiger charge is -1.99. The number of anilines is 1. The maximum atomic E-state index is 11.1. The van der Waals surface area contributed by atoms with Gasteiger partial charge in [0.05, 0.1) is 5.56 Å². The molecule has 3 heteroatoms. The van der Waals surface area contributed by atoms with Crippen LogP contribution in [0, 0.1) is 0 Å². The van der Waals surface area contributed by atoms with Crippen molar-refractivity contribution in [3.8, 4) is 0 Å². The van der Waals surface area contributed by atoms with E-state index < -0.39 is 0 Å². The minimum absolute atomic E-state index is 0.0706. The molecule has 1 aliphatic heterocycles. The third-order valence-corrected chi connectivity index (χ3v) is 4.03. The van der Waals surface area contributed by atoms with Gasteiger partial charge in [0.1, 0.15) is 6.10 Å². The Morgan fingerprint density at radius 1 is 0.960 bits per heavy atom. The Hall–Kier alpha value is -2.29. The number of carbonyl (C=O) groups is 1. The van der Waals surface area contributed by atoms with E-state index in [1.807, 2.05) is 58.9 Å². The summed E-state index contributed by atoms with van der Waals surface area (Å²) in [5.41, 5.74) is 11.2. The maximum Gasteiger partial charge on any atom is 0.339 e.